The Kier molecular flexibility index (Phi) is 6.38. The summed E-state index contributed by atoms with van der Waals surface area (Å²) in [5, 5.41) is 3.78. The number of rotatable bonds is 7. The predicted octanol–water partition coefficient (Wildman–Crippen LogP) is 4.81. The standard InChI is InChI=1S/C26H24ClN3O3/c1-29(2)21-12-10-20(11-13-21)28-24-23(18-6-14-22(33-3)15-7-18)25(31)30(26(24)32)16-17-4-8-19(27)9-5-17/h4-15,28H,16H2,1-3H3. The number of hydrogen-bond acceptors (Lipinski definition) is 5. The van der Waals surface area contributed by atoms with Gasteiger partial charge in [-0.2, -0.15) is 0 Å². The van der Waals surface area contributed by atoms with E-state index in [9.17, 15) is 9.59 Å². The number of ether oxygens (including phenoxy) is 1. The molecule has 3 aromatic rings. The van der Waals surface area contributed by atoms with Crippen LogP contribution in [0.1, 0.15) is 11.1 Å². The zero-order chi connectivity index (χ0) is 23.5. The van der Waals surface area contributed by atoms with Gasteiger partial charge in [-0.05, 0) is 59.7 Å². The molecule has 3 aromatic carbocycles. The van der Waals surface area contributed by atoms with Gasteiger partial charge in [0.25, 0.3) is 11.8 Å². The van der Waals surface area contributed by atoms with Gasteiger partial charge in [-0.25, -0.2) is 0 Å². The highest BCUT2D eigenvalue weighted by Crippen LogP contribution is 2.32. The Bertz CT molecular complexity index is 1200. The van der Waals surface area contributed by atoms with Gasteiger partial charge in [-0.15, -0.1) is 0 Å². The molecule has 0 aromatic heterocycles. The van der Waals surface area contributed by atoms with E-state index in [-0.39, 0.29) is 24.1 Å². The van der Waals surface area contributed by atoms with E-state index in [0.29, 0.717) is 21.9 Å². The van der Waals surface area contributed by atoms with Crippen LogP contribution in [0.25, 0.3) is 5.57 Å². The van der Waals surface area contributed by atoms with Crippen molar-refractivity contribution in [2.75, 3.05) is 31.4 Å². The van der Waals surface area contributed by atoms with Crippen molar-refractivity contribution in [1.29, 1.82) is 0 Å². The van der Waals surface area contributed by atoms with Crippen LogP contribution in [-0.4, -0.2) is 37.9 Å². The molecule has 0 spiro atoms. The molecule has 1 heterocycles. The Balaban J connectivity index is 1.70. The van der Waals surface area contributed by atoms with Crippen LogP contribution in [0.15, 0.2) is 78.5 Å². The summed E-state index contributed by atoms with van der Waals surface area (Å²) in [7, 11) is 5.50. The molecule has 1 N–H and O–H groups in total. The molecule has 168 valence electrons. The minimum atomic E-state index is -0.377. The van der Waals surface area contributed by atoms with E-state index in [1.54, 1.807) is 55.6 Å². The van der Waals surface area contributed by atoms with E-state index < -0.39 is 0 Å². The van der Waals surface area contributed by atoms with Crippen LogP contribution in [0.2, 0.25) is 5.02 Å². The second kappa shape index (κ2) is 9.38. The lowest BCUT2D eigenvalue weighted by Gasteiger charge is -2.16. The Labute approximate surface area is 198 Å². The maximum absolute atomic E-state index is 13.4. The van der Waals surface area contributed by atoms with Gasteiger partial charge in [0.1, 0.15) is 11.4 Å². The number of hydrogen-bond donors (Lipinski definition) is 1. The second-order valence-corrected chi connectivity index (χ2v) is 8.30. The van der Waals surface area contributed by atoms with Gasteiger partial charge in [0.05, 0.1) is 19.2 Å². The minimum absolute atomic E-state index is 0.152. The quantitative estimate of drug-likeness (QED) is 0.512. The van der Waals surface area contributed by atoms with Crippen molar-refractivity contribution in [3.05, 3.63) is 94.6 Å². The summed E-state index contributed by atoms with van der Waals surface area (Å²) >= 11 is 5.98. The van der Waals surface area contributed by atoms with Gasteiger partial charge in [0.2, 0.25) is 0 Å². The summed E-state index contributed by atoms with van der Waals surface area (Å²) in [6.45, 7) is 0.152. The van der Waals surface area contributed by atoms with Crippen molar-refractivity contribution < 1.29 is 14.3 Å². The van der Waals surface area contributed by atoms with Crippen LogP contribution in [0.4, 0.5) is 11.4 Å². The van der Waals surface area contributed by atoms with Crippen LogP contribution in [0, 0.1) is 0 Å². The van der Waals surface area contributed by atoms with E-state index in [2.05, 4.69) is 5.32 Å². The Morgan fingerprint density at radius 1 is 0.879 bits per heavy atom. The van der Waals surface area contributed by atoms with Gasteiger partial charge in [0, 0.05) is 30.5 Å². The average Bonchev–Trinajstić information content (AvgIpc) is 3.05. The normalized spacial score (nSPS) is 13.5. The van der Waals surface area contributed by atoms with Crippen molar-refractivity contribution in [2.45, 2.75) is 6.54 Å². The zero-order valence-corrected chi connectivity index (χ0v) is 19.4. The molecule has 0 unspecified atom stereocenters. The molecule has 0 saturated carbocycles. The van der Waals surface area contributed by atoms with E-state index in [4.69, 9.17) is 16.3 Å². The lowest BCUT2D eigenvalue weighted by molar-refractivity contribution is -0.137. The lowest BCUT2D eigenvalue weighted by Crippen LogP contribution is -2.32. The molecule has 7 heteroatoms. The fourth-order valence-corrected chi connectivity index (χ4v) is 3.75. The first-order chi connectivity index (χ1) is 15.9. The molecular formula is C26H24ClN3O3. The highest BCUT2D eigenvalue weighted by Gasteiger charge is 2.39. The highest BCUT2D eigenvalue weighted by atomic mass is 35.5. The third-order valence-corrected chi connectivity index (χ3v) is 5.71. The molecule has 0 saturated heterocycles. The number of imide groups is 1. The Morgan fingerprint density at radius 3 is 2.09 bits per heavy atom. The molecule has 2 amide bonds. The molecule has 1 aliphatic heterocycles. The minimum Gasteiger partial charge on any atom is -0.497 e. The largest absolute Gasteiger partial charge is 0.497 e. The molecule has 4 rings (SSSR count). The number of carbonyl (C=O) groups excluding carboxylic acids is 2. The average molecular weight is 462 g/mol. The first kappa shape index (κ1) is 22.4. The summed E-state index contributed by atoms with van der Waals surface area (Å²) in [5.41, 5.74) is 3.77. The molecule has 6 nitrogen and oxygen atoms in total. The highest BCUT2D eigenvalue weighted by molar-refractivity contribution is 6.36. The van der Waals surface area contributed by atoms with Crippen LogP contribution < -0.4 is 15.0 Å². The van der Waals surface area contributed by atoms with Crippen molar-refractivity contribution in [1.82, 2.24) is 4.90 Å². The van der Waals surface area contributed by atoms with Crippen molar-refractivity contribution in [3.63, 3.8) is 0 Å². The molecule has 0 atom stereocenters. The van der Waals surface area contributed by atoms with Crippen LogP contribution in [0.3, 0.4) is 0 Å². The summed E-state index contributed by atoms with van der Waals surface area (Å²) < 4.78 is 5.23. The number of carbonyl (C=O) groups is 2. The SMILES string of the molecule is COc1ccc(C2=C(Nc3ccc(N(C)C)cc3)C(=O)N(Cc3ccc(Cl)cc3)C2=O)cc1. The fourth-order valence-electron chi connectivity index (χ4n) is 3.62. The number of methoxy groups -OCH3 is 1. The number of benzene rings is 3. The molecule has 0 bridgehead atoms. The molecule has 1 aliphatic rings. The van der Waals surface area contributed by atoms with Crippen LogP contribution in [0.5, 0.6) is 5.75 Å². The van der Waals surface area contributed by atoms with E-state index in [0.717, 1.165) is 16.9 Å². The van der Waals surface area contributed by atoms with Crippen molar-refractivity contribution in [3.8, 4) is 5.75 Å². The van der Waals surface area contributed by atoms with E-state index in [1.807, 2.05) is 43.3 Å². The predicted molar refractivity (Wildman–Crippen MR) is 131 cm³/mol. The number of amides is 2. The summed E-state index contributed by atoms with van der Waals surface area (Å²) in [4.78, 5) is 30.1. The lowest BCUT2D eigenvalue weighted by atomic mass is 10.0. The monoisotopic (exact) mass is 461 g/mol. The van der Waals surface area contributed by atoms with Crippen LogP contribution >= 0.6 is 11.6 Å². The third-order valence-electron chi connectivity index (χ3n) is 5.45. The topological polar surface area (TPSA) is 61.9 Å². The number of nitrogens with one attached hydrogen (secondary N) is 1. The van der Waals surface area contributed by atoms with Gasteiger partial charge < -0.3 is 15.0 Å². The zero-order valence-electron chi connectivity index (χ0n) is 18.6. The molecule has 0 aliphatic carbocycles. The van der Waals surface area contributed by atoms with E-state index in [1.165, 1.54) is 4.90 Å². The maximum atomic E-state index is 13.4. The summed E-state index contributed by atoms with van der Waals surface area (Å²) in [6, 6.07) is 21.9. The first-order valence-corrected chi connectivity index (χ1v) is 10.8. The maximum Gasteiger partial charge on any atom is 0.278 e. The van der Waals surface area contributed by atoms with Gasteiger partial charge in [0.15, 0.2) is 0 Å². The molecule has 33 heavy (non-hydrogen) atoms. The van der Waals surface area contributed by atoms with E-state index >= 15 is 0 Å². The van der Waals surface area contributed by atoms with Gasteiger partial charge in [-0.3, -0.25) is 14.5 Å². The molecule has 0 fully saturated rings. The van der Waals surface area contributed by atoms with Crippen LogP contribution in [-0.2, 0) is 16.1 Å². The number of anilines is 2. The van der Waals surface area contributed by atoms with Gasteiger partial charge >= 0.3 is 0 Å². The summed E-state index contributed by atoms with van der Waals surface area (Å²) in [6.07, 6.45) is 0. The summed E-state index contributed by atoms with van der Waals surface area (Å²) in [5.74, 6) is -0.0621. The number of halogens is 1. The van der Waals surface area contributed by atoms with Gasteiger partial charge in [-0.1, -0.05) is 35.9 Å². The Morgan fingerprint density at radius 2 is 1.52 bits per heavy atom. The fraction of sp³-hybridized carbons (Fsp3) is 0.154. The van der Waals surface area contributed by atoms with Crippen molar-refractivity contribution in [2.24, 2.45) is 0 Å². The van der Waals surface area contributed by atoms with Crippen molar-refractivity contribution >= 4 is 40.4 Å². The number of nitrogens with zero attached hydrogens (tertiary/aromatic N) is 2. The third kappa shape index (κ3) is 4.71. The molecule has 0 radical (unpaired) electrons. The first-order valence-electron chi connectivity index (χ1n) is 10.4. The smallest absolute Gasteiger partial charge is 0.278 e. The molecular weight excluding hydrogens is 438 g/mol. The Hall–Kier alpha value is -3.77. The second-order valence-electron chi connectivity index (χ2n) is 7.87.